The second-order valence-electron chi connectivity index (χ2n) is 9.48. The molecule has 0 aliphatic rings. The van der Waals surface area contributed by atoms with E-state index >= 15 is 0 Å². The fourth-order valence-electron chi connectivity index (χ4n) is 3.25. The van der Waals surface area contributed by atoms with Gasteiger partial charge in [-0.15, -0.1) is 0 Å². The Hall–Kier alpha value is -2.21. The van der Waals surface area contributed by atoms with Gasteiger partial charge in [-0.1, -0.05) is 40.7 Å². The lowest BCUT2D eigenvalue weighted by atomic mass is 9.90. The molecule has 0 bridgehead atoms. The van der Waals surface area contributed by atoms with Crippen molar-refractivity contribution < 1.29 is 9.90 Å². The number of phenols is 1. The molecule has 2 rings (SSSR count). The first-order valence-electron chi connectivity index (χ1n) is 9.93. The fourth-order valence-corrected chi connectivity index (χ4v) is 3.90. The highest BCUT2D eigenvalue weighted by atomic mass is 32.2. The molecule has 5 nitrogen and oxygen atoms in total. The van der Waals surface area contributed by atoms with E-state index < -0.39 is 0 Å². The minimum atomic E-state index is -0.228. The lowest BCUT2D eigenvalue weighted by Crippen LogP contribution is -2.34. The number of carbonyl (C=O) groups is 1. The number of nitrogens with zero attached hydrogens (tertiary/aromatic N) is 1. The summed E-state index contributed by atoms with van der Waals surface area (Å²) in [6.45, 7) is 14.9. The highest BCUT2D eigenvalue weighted by Crippen LogP contribution is 2.28. The molecular weight excluding hydrogens is 382 g/mol. The number of nitrogens with one attached hydrogen (secondary N) is 2. The lowest BCUT2D eigenvalue weighted by molar-refractivity contribution is 0.0984. The predicted molar refractivity (Wildman–Crippen MR) is 122 cm³/mol. The molecule has 1 aromatic heterocycles. The van der Waals surface area contributed by atoms with Crippen LogP contribution in [0.2, 0.25) is 0 Å². The van der Waals surface area contributed by atoms with Crippen LogP contribution >= 0.6 is 11.9 Å². The highest BCUT2D eigenvalue weighted by Gasteiger charge is 2.25. The molecule has 0 aliphatic heterocycles. The maximum Gasteiger partial charge on any atom is 0.265 e. The van der Waals surface area contributed by atoms with E-state index in [0.29, 0.717) is 17.3 Å². The van der Waals surface area contributed by atoms with Crippen LogP contribution in [0.15, 0.2) is 41.3 Å². The second-order valence-corrected chi connectivity index (χ2v) is 10.4. The second kappa shape index (κ2) is 9.08. The van der Waals surface area contributed by atoms with Crippen LogP contribution in [0.1, 0.15) is 70.9 Å². The Kier molecular flexibility index (Phi) is 7.22. The van der Waals surface area contributed by atoms with Crippen LogP contribution < -0.4 is 10.0 Å². The molecule has 0 unspecified atom stereocenters. The first kappa shape index (κ1) is 23.1. The number of hydrogen-bond donors (Lipinski definition) is 3. The largest absolute Gasteiger partial charge is 0.508 e. The van der Waals surface area contributed by atoms with Crippen LogP contribution in [-0.2, 0) is 5.41 Å². The van der Waals surface area contributed by atoms with E-state index in [9.17, 15) is 9.90 Å². The van der Waals surface area contributed by atoms with Crippen molar-refractivity contribution in [1.29, 1.82) is 0 Å². The van der Waals surface area contributed by atoms with Crippen molar-refractivity contribution in [2.45, 2.75) is 70.7 Å². The lowest BCUT2D eigenvalue weighted by Gasteiger charge is -2.30. The maximum absolute atomic E-state index is 12.9. The first-order chi connectivity index (χ1) is 13.4. The summed E-state index contributed by atoms with van der Waals surface area (Å²) in [5.74, 6) is 1.05. The average molecular weight is 416 g/mol. The molecule has 3 N–H and O–H groups in total. The summed E-state index contributed by atoms with van der Waals surface area (Å²) >= 11 is 1.17. The molecule has 2 aromatic rings. The van der Waals surface area contributed by atoms with Crippen LogP contribution in [-0.4, -0.2) is 21.5 Å². The van der Waals surface area contributed by atoms with Crippen molar-refractivity contribution >= 4 is 23.7 Å². The SMILES string of the molecule is CC(C)CC(C)(C)Nc1nc(C(C)(C)C)ccc1C(=O)NSc1cccc(O)c1. The third-order valence-electron chi connectivity index (χ3n) is 4.36. The predicted octanol–water partition coefficient (Wildman–Crippen LogP) is 5.76. The number of hydrogen-bond acceptors (Lipinski definition) is 5. The Labute approximate surface area is 178 Å². The number of pyridine rings is 1. The molecule has 158 valence electrons. The van der Waals surface area contributed by atoms with Gasteiger partial charge in [0, 0.05) is 21.5 Å². The third kappa shape index (κ3) is 6.96. The zero-order valence-electron chi connectivity index (χ0n) is 18.5. The van der Waals surface area contributed by atoms with Gasteiger partial charge in [-0.05, 0) is 68.5 Å². The fraction of sp³-hybridized carbons (Fsp3) is 0.478. The van der Waals surface area contributed by atoms with Gasteiger partial charge in [0.1, 0.15) is 11.6 Å². The Balaban J connectivity index is 2.30. The number of aromatic nitrogens is 1. The molecule has 0 radical (unpaired) electrons. The Morgan fingerprint density at radius 3 is 2.41 bits per heavy atom. The van der Waals surface area contributed by atoms with Gasteiger partial charge in [-0.3, -0.25) is 9.52 Å². The van der Waals surface area contributed by atoms with Crippen molar-refractivity contribution in [2.24, 2.45) is 5.92 Å². The van der Waals surface area contributed by atoms with E-state index in [1.54, 1.807) is 18.2 Å². The first-order valence-corrected chi connectivity index (χ1v) is 10.7. The summed E-state index contributed by atoms with van der Waals surface area (Å²) in [5.41, 5.74) is 1.11. The highest BCUT2D eigenvalue weighted by molar-refractivity contribution is 7.98. The quantitative estimate of drug-likeness (QED) is 0.502. The average Bonchev–Trinajstić information content (AvgIpc) is 2.57. The number of carbonyl (C=O) groups excluding carboxylic acids is 1. The van der Waals surface area contributed by atoms with E-state index in [4.69, 9.17) is 4.98 Å². The van der Waals surface area contributed by atoms with E-state index in [1.807, 2.05) is 18.2 Å². The minimum absolute atomic E-state index is 0.121. The summed E-state index contributed by atoms with van der Waals surface area (Å²) in [6.07, 6.45) is 0.952. The molecule has 1 aromatic carbocycles. The van der Waals surface area contributed by atoms with Crippen molar-refractivity contribution in [3.05, 3.63) is 47.7 Å². The maximum atomic E-state index is 12.9. The van der Waals surface area contributed by atoms with Gasteiger partial charge in [0.2, 0.25) is 0 Å². The zero-order chi connectivity index (χ0) is 21.8. The van der Waals surface area contributed by atoms with Crippen molar-refractivity contribution in [3.63, 3.8) is 0 Å². The number of phenolic OH excluding ortho intramolecular Hbond substituents is 1. The molecule has 0 aliphatic carbocycles. The topological polar surface area (TPSA) is 74.2 Å². The van der Waals surface area contributed by atoms with Gasteiger partial charge in [0.05, 0.1) is 5.56 Å². The molecule has 0 atom stereocenters. The molecule has 1 amide bonds. The van der Waals surface area contributed by atoms with Gasteiger partial charge in [-0.2, -0.15) is 0 Å². The van der Waals surface area contributed by atoms with Crippen molar-refractivity contribution in [3.8, 4) is 5.75 Å². The number of rotatable bonds is 7. The minimum Gasteiger partial charge on any atom is -0.508 e. The summed E-state index contributed by atoms with van der Waals surface area (Å²) in [4.78, 5) is 18.5. The van der Waals surface area contributed by atoms with Gasteiger partial charge >= 0.3 is 0 Å². The molecule has 0 fully saturated rings. The van der Waals surface area contributed by atoms with Crippen molar-refractivity contribution in [1.82, 2.24) is 9.71 Å². The van der Waals surface area contributed by atoms with Crippen molar-refractivity contribution in [2.75, 3.05) is 5.32 Å². The summed E-state index contributed by atoms with van der Waals surface area (Å²) in [7, 11) is 0. The Bertz CT molecular complexity index is 857. The van der Waals surface area contributed by atoms with Gasteiger partial charge < -0.3 is 10.4 Å². The number of benzene rings is 1. The van der Waals surface area contributed by atoms with Crippen LogP contribution in [0.3, 0.4) is 0 Å². The van der Waals surface area contributed by atoms with Crippen LogP contribution in [0.25, 0.3) is 0 Å². The van der Waals surface area contributed by atoms with Gasteiger partial charge in [0.15, 0.2) is 0 Å². The third-order valence-corrected chi connectivity index (χ3v) is 5.14. The molecular formula is C23H33N3O2S. The molecule has 6 heteroatoms. The number of amides is 1. The van der Waals surface area contributed by atoms with Crippen LogP contribution in [0.4, 0.5) is 5.82 Å². The Morgan fingerprint density at radius 1 is 1.14 bits per heavy atom. The van der Waals surface area contributed by atoms with E-state index in [1.165, 1.54) is 11.9 Å². The van der Waals surface area contributed by atoms with E-state index in [2.05, 4.69) is 58.5 Å². The summed E-state index contributed by atoms with van der Waals surface area (Å²) in [6, 6.07) is 10.5. The Morgan fingerprint density at radius 2 is 1.83 bits per heavy atom. The molecule has 0 saturated carbocycles. The van der Waals surface area contributed by atoms with Crippen LogP contribution in [0.5, 0.6) is 5.75 Å². The van der Waals surface area contributed by atoms with Gasteiger partial charge in [-0.25, -0.2) is 4.98 Å². The smallest absolute Gasteiger partial charge is 0.265 e. The molecule has 29 heavy (non-hydrogen) atoms. The normalized spacial score (nSPS) is 12.1. The zero-order valence-corrected chi connectivity index (χ0v) is 19.3. The molecule has 0 saturated heterocycles. The van der Waals surface area contributed by atoms with E-state index in [0.717, 1.165) is 17.0 Å². The summed E-state index contributed by atoms with van der Waals surface area (Å²) in [5, 5.41) is 13.1. The monoisotopic (exact) mass is 415 g/mol. The van der Waals surface area contributed by atoms with Gasteiger partial charge in [0.25, 0.3) is 5.91 Å². The standard InChI is InChI=1S/C23H33N3O2S/c1-15(2)14-23(6,7)25-20-18(11-12-19(24-20)22(3,4)5)21(28)26-29-17-10-8-9-16(27)13-17/h8-13,15,27H,14H2,1-7H3,(H,24,25)(H,26,28). The summed E-state index contributed by atoms with van der Waals surface area (Å²) < 4.78 is 2.85. The van der Waals surface area contributed by atoms with Crippen LogP contribution in [0, 0.1) is 5.92 Å². The number of anilines is 1. The number of aromatic hydroxyl groups is 1. The van der Waals surface area contributed by atoms with E-state index in [-0.39, 0.29) is 22.6 Å². The molecule has 1 heterocycles. The molecule has 0 spiro atoms.